The van der Waals surface area contributed by atoms with Gasteiger partial charge in [-0.3, -0.25) is 47.9 Å². The minimum Gasteiger partial charge on any atom is -0.459 e. The summed E-state index contributed by atoms with van der Waals surface area (Å²) in [5, 5.41) is 9.62. The molecule has 0 spiro atoms. The minimum atomic E-state index is -0.793. The van der Waals surface area contributed by atoms with Crippen molar-refractivity contribution in [2.75, 3.05) is 6.61 Å². The molecule has 2 fully saturated rings. The second-order valence-electron chi connectivity index (χ2n) is 17.4. The lowest BCUT2D eigenvalue weighted by atomic mass is 9.97. The molecule has 2 saturated heterocycles. The fraction of sp³-hybridized carbons (Fsp3) is 0.510. The Morgan fingerprint density at radius 1 is 0.591 bits per heavy atom. The molecule has 17 nitrogen and oxygen atoms in total. The van der Waals surface area contributed by atoms with Crippen molar-refractivity contribution in [1.29, 1.82) is 0 Å². The van der Waals surface area contributed by atoms with Crippen LogP contribution in [0.15, 0.2) is 55.8 Å². The lowest BCUT2D eigenvalue weighted by Crippen LogP contribution is -2.33. The van der Waals surface area contributed by atoms with Gasteiger partial charge in [-0.2, -0.15) is 0 Å². The summed E-state index contributed by atoms with van der Waals surface area (Å²) in [5.41, 5.74) is 6.53. The highest BCUT2D eigenvalue weighted by atomic mass is 16.6. The number of nitrogens with zero attached hydrogens (tertiary/aromatic N) is 2. The molecule has 0 amide bonds. The van der Waals surface area contributed by atoms with Gasteiger partial charge in [-0.05, 0) is 132 Å². The number of aryl methyl sites for hydroxylation is 6. The van der Waals surface area contributed by atoms with Gasteiger partial charge in [0.05, 0.1) is 12.7 Å². The summed E-state index contributed by atoms with van der Waals surface area (Å²) >= 11 is 0. The number of ether oxygens (including phenoxy) is 4. The van der Waals surface area contributed by atoms with Crippen molar-refractivity contribution >= 4 is 23.5 Å². The molecule has 4 heterocycles. The van der Waals surface area contributed by atoms with Gasteiger partial charge in [0, 0.05) is 73.2 Å². The van der Waals surface area contributed by atoms with E-state index in [-0.39, 0.29) is 49.8 Å². The van der Waals surface area contributed by atoms with Crippen molar-refractivity contribution in [2.45, 2.75) is 157 Å². The Bertz CT molecular complexity index is 2460. The zero-order chi connectivity index (χ0) is 48.6. The zero-order valence-electron chi connectivity index (χ0n) is 39.2. The minimum absolute atomic E-state index is 0.0116. The molecular formula is C49H62N4O13. The van der Waals surface area contributed by atoms with Crippen LogP contribution in [0.2, 0.25) is 0 Å². The van der Waals surface area contributed by atoms with Crippen LogP contribution in [0.3, 0.4) is 0 Å². The van der Waals surface area contributed by atoms with Gasteiger partial charge >= 0.3 is 23.3 Å². The Kier molecular flexibility index (Phi) is 17.3. The molecule has 3 N–H and O–H groups in total. The van der Waals surface area contributed by atoms with E-state index in [0.29, 0.717) is 47.9 Å². The van der Waals surface area contributed by atoms with E-state index in [2.05, 4.69) is 9.97 Å². The van der Waals surface area contributed by atoms with E-state index < -0.39 is 71.8 Å². The van der Waals surface area contributed by atoms with E-state index >= 15 is 0 Å². The van der Waals surface area contributed by atoms with Crippen LogP contribution in [0.1, 0.15) is 142 Å². The van der Waals surface area contributed by atoms with Crippen LogP contribution in [-0.4, -0.2) is 78.7 Å². The van der Waals surface area contributed by atoms with Crippen LogP contribution in [0.25, 0.3) is 0 Å². The van der Waals surface area contributed by atoms with Crippen LogP contribution in [-0.2, 0) is 28.5 Å². The Morgan fingerprint density at radius 2 is 0.955 bits per heavy atom. The molecule has 2 aliphatic rings. The van der Waals surface area contributed by atoms with Crippen molar-refractivity contribution < 1.29 is 43.2 Å². The number of aliphatic hydroxyl groups excluding tert-OH is 1. The second-order valence-corrected chi connectivity index (χ2v) is 17.4. The average molecular weight is 915 g/mol. The van der Waals surface area contributed by atoms with Gasteiger partial charge in [-0.25, -0.2) is 9.59 Å². The van der Waals surface area contributed by atoms with Crippen LogP contribution in [0.5, 0.6) is 0 Å². The first-order valence-corrected chi connectivity index (χ1v) is 22.4. The summed E-state index contributed by atoms with van der Waals surface area (Å²) in [6, 6.07) is 7.52. The lowest BCUT2D eigenvalue weighted by Gasteiger charge is -2.17. The third-order valence-electron chi connectivity index (χ3n) is 12.5. The molecule has 0 aliphatic carbocycles. The van der Waals surface area contributed by atoms with Crippen molar-refractivity contribution in [3.8, 4) is 0 Å². The molecular weight excluding hydrogens is 853 g/mol. The molecule has 356 valence electrons. The quantitative estimate of drug-likeness (QED) is 0.0939. The molecule has 2 aromatic carbocycles. The number of H-pyrrole nitrogens is 2. The van der Waals surface area contributed by atoms with Gasteiger partial charge < -0.3 is 24.1 Å². The molecule has 2 aliphatic heterocycles. The average Bonchev–Trinajstić information content (AvgIpc) is 3.87. The van der Waals surface area contributed by atoms with Crippen molar-refractivity contribution in [2.24, 2.45) is 0 Å². The number of nitrogens with one attached hydrogen (secondary N) is 2. The SMILES string of the molecule is CCC1OC(n2cc(C)c(=O)[nH]c2=O)CC1OC(=O)CCCC(=O)c1cc(C)c(C)c(C)c1.Cc1cc(C(=O)CCCC(=O)OC2CC(n3cc(C)c(=O)[nH]c3=O)OC2CO)cc(C)c1C. The predicted octanol–water partition coefficient (Wildman–Crippen LogP) is 5.45. The predicted molar refractivity (Wildman–Crippen MR) is 244 cm³/mol. The molecule has 66 heavy (non-hydrogen) atoms. The van der Waals surface area contributed by atoms with Gasteiger partial charge in [-0.15, -0.1) is 0 Å². The van der Waals surface area contributed by atoms with E-state index in [4.69, 9.17) is 18.9 Å². The fourth-order valence-corrected chi connectivity index (χ4v) is 8.04. The first-order valence-electron chi connectivity index (χ1n) is 22.4. The van der Waals surface area contributed by atoms with Crippen LogP contribution < -0.4 is 22.5 Å². The molecule has 6 unspecified atom stereocenters. The number of carbonyl (C=O) groups is 4. The first kappa shape index (κ1) is 51.0. The highest BCUT2D eigenvalue weighted by Gasteiger charge is 2.40. The maximum atomic E-state index is 12.5. The number of aliphatic hydroxyl groups is 1. The number of benzene rings is 2. The maximum Gasteiger partial charge on any atom is 0.330 e. The molecule has 0 radical (unpaired) electrons. The number of ketones is 2. The summed E-state index contributed by atoms with van der Waals surface area (Å²) in [5.74, 6) is -0.912. The Morgan fingerprint density at radius 3 is 1.32 bits per heavy atom. The largest absolute Gasteiger partial charge is 0.459 e. The molecule has 0 bridgehead atoms. The molecule has 0 saturated carbocycles. The van der Waals surface area contributed by atoms with Crippen LogP contribution >= 0.6 is 0 Å². The Balaban J connectivity index is 0.000000247. The molecule has 4 aromatic rings. The number of esters is 2. The summed E-state index contributed by atoms with van der Waals surface area (Å²) in [6.45, 7) is 16.6. The highest BCUT2D eigenvalue weighted by molar-refractivity contribution is 5.97. The number of aromatic amines is 2. The van der Waals surface area contributed by atoms with Crippen molar-refractivity contribution in [1.82, 2.24) is 19.1 Å². The number of rotatable bonds is 16. The van der Waals surface area contributed by atoms with Crippen LogP contribution in [0, 0.1) is 55.4 Å². The van der Waals surface area contributed by atoms with E-state index in [1.165, 1.54) is 27.1 Å². The highest BCUT2D eigenvalue weighted by Crippen LogP contribution is 2.33. The third kappa shape index (κ3) is 12.6. The monoisotopic (exact) mass is 914 g/mol. The summed E-state index contributed by atoms with van der Waals surface area (Å²) in [7, 11) is 0. The van der Waals surface area contributed by atoms with Crippen LogP contribution in [0.4, 0.5) is 0 Å². The first-order chi connectivity index (χ1) is 31.2. The molecule has 2 aromatic heterocycles. The zero-order valence-corrected chi connectivity index (χ0v) is 39.2. The number of aromatic nitrogens is 4. The molecule has 6 atom stereocenters. The maximum absolute atomic E-state index is 12.5. The number of Topliss-reactive ketones (excluding diaryl/α,β-unsaturated/α-hetero) is 2. The molecule has 6 rings (SSSR count). The molecule has 17 heteroatoms. The second kappa shape index (κ2) is 22.4. The number of hydrogen-bond acceptors (Lipinski definition) is 13. The topological polar surface area (TPSA) is 235 Å². The van der Waals surface area contributed by atoms with Gasteiger partial charge in [0.2, 0.25) is 0 Å². The van der Waals surface area contributed by atoms with Gasteiger partial charge in [0.1, 0.15) is 30.8 Å². The van der Waals surface area contributed by atoms with E-state index in [1.54, 1.807) is 13.8 Å². The lowest BCUT2D eigenvalue weighted by molar-refractivity contribution is -0.153. The summed E-state index contributed by atoms with van der Waals surface area (Å²) in [6.07, 6.45) is 1.54. The van der Waals surface area contributed by atoms with Gasteiger partial charge in [0.25, 0.3) is 11.1 Å². The Labute approximate surface area is 382 Å². The normalized spacial score (nSPS) is 20.1. The summed E-state index contributed by atoms with van der Waals surface area (Å²) in [4.78, 5) is 102. The van der Waals surface area contributed by atoms with Gasteiger partial charge in [0.15, 0.2) is 11.6 Å². The Hall–Kier alpha value is -6.04. The van der Waals surface area contributed by atoms with Crippen molar-refractivity contribution in [3.05, 3.63) is 134 Å². The van der Waals surface area contributed by atoms with E-state index in [1.807, 2.05) is 72.7 Å². The third-order valence-corrected chi connectivity index (χ3v) is 12.5. The van der Waals surface area contributed by atoms with Crippen molar-refractivity contribution in [3.63, 3.8) is 0 Å². The fourth-order valence-electron chi connectivity index (χ4n) is 8.04. The standard InChI is InChI=1S/C25H32N2O6.C24H30N2O7/c1-6-20-21(12-22(32-20)27-13-16(4)24(30)26-25(27)31)33-23(29)9-7-8-19(28)18-10-14(2)17(5)15(3)11-18;1-13-8-17(9-14(2)16(13)4)18(28)6-5-7-22(29)33-19-10-21(32-20(19)12-27)26-11-15(3)23(30)25-24(26)31/h10-11,13,20-22H,6-9,12H2,1-5H3,(H,26,30,31);8-9,11,19-21,27H,5-7,10,12H2,1-4H3,(H,25,30,31). The smallest absolute Gasteiger partial charge is 0.330 e. The number of hydrogen-bond donors (Lipinski definition) is 3. The van der Waals surface area contributed by atoms with E-state index in [0.717, 1.165) is 27.8 Å². The number of carbonyl (C=O) groups excluding carboxylic acids is 4. The summed E-state index contributed by atoms with van der Waals surface area (Å²) < 4.78 is 25.3. The van der Waals surface area contributed by atoms with Gasteiger partial charge in [-0.1, -0.05) is 6.92 Å². The van der Waals surface area contributed by atoms with E-state index in [9.17, 15) is 43.5 Å².